The lowest BCUT2D eigenvalue weighted by Crippen LogP contribution is -2.40. The molecule has 3 aromatic rings. The fraction of sp³-hybridized carbons (Fsp3) is 0.615. The molecule has 19 heteroatoms. The Hall–Kier alpha value is -3.90. The molecular formula is C26H28F8N8O3. The molecule has 3 N–H and O–H groups in total. The Bertz CT molecular complexity index is 1520. The molecule has 0 radical (unpaired) electrons. The molecule has 11 nitrogen and oxygen atoms in total. The van der Waals surface area contributed by atoms with Gasteiger partial charge in [-0.3, -0.25) is 9.59 Å². The van der Waals surface area contributed by atoms with Gasteiger partial charge >= 0.3 is 12.4 Å². The Morgan fingerprint density at radius 3 is 2.24 bits per heavy atom. The normalized spacial score (nSPS) is 19.7. The minimum atomic E-state index is -4.75. The number of imidazole rings is 1. The molecule has 0 aliphatic heterocycles. The zero-order chi connectivity index (χ0) is 32.7. The number of aromatic nitrogens is 6. The van der Waals surface area contributed by atoms with Gasteiger partial charge in [0, 0.05) is 12.8 Å². The van der Waals surface area contributed by atoms with E-state index in [2.05, 4.69) is 30.9 Å². The van der Waals surface area contributed by atoms with Gasteiger partial charge in [-0.25, -0.2) is 18.3 Å². The summed E-state index contributed by atoms with van der Waals surface area (Å²) in [6.45, 7) is -1.52. The molecule has 246 valence electrons. The van der Waals surface area contributed by atoms with Gasteiger partial charge in [-0.05, 0) is 49.1 Å². The molecule has 5 rings (SSSR count). The van der Waals surface area contributed by atoms with Gasteiger partial charge in [0.05, 0.1) is 42.8 Å². The first-order valence-corrected chi connectivity index (χ1v) is 14.0. The van der Waals surface area contributed by atoms with Gasteiger partial charge in [-0.15, -0.1) is 5.10 Å². The molecule has 0 saturated heterocycles. The van der Waals surface area contributed by atoms with Crippen LogP contribution in [0, 0.1) is 11.8 Å². The van der Waals surface area contributed by atoms with E-state index in [1.54, 1.807) is 0 Å². The first-order chi connectivity index (χ1) is 21.0. The third-order valence-corrected chi connectivity index (χ3v) is 7.77. The zero-order valence-electron chi connectivity index (χ0n) is 23.3. The third kappa shape index (κ3) is 8.43. The van der Waals surface area contributed by atoms with Gasteiger partial charge in [-0.1, -0.05) is 0 Å². The average Bonchev–Trinajstić information content (AvgIpc) is 3.51. The molecule has 3 aromatic heterocycles. The summed E-state index contributed by atoms with van der Waals surface area (Å²) in [5.41, 5.74) is 0.382. The molecule has 0 bridgehead atoms. The molecule has 45 heavy (non-hydrogen) atoms. The molecule has 2 aliphatic rings. The number of nitrogens with one attached hydrogen (secondary N) is 2. The van der Waals surface area contributed by atoms with Crippen molar-refractivity contribution in [2.24, 2.45) is 11.8 Å². The smallest absolute Gasteiger partial charge is 0.383 e. The van der Waals surface area contributed by atoms with Crippen LogP contribution in [0.1, 0.15) is 78.8 Å². The number of hydrogen-bond acceptors (Lipinski definition) is 7. The zero-order valence-corrected chi connectivity index (χ0v) is 23.3. The lowest BCUT2D eigenvalue weighted by atomic mass is 9.81. The van der Waals surface area contributed by atoms with E-state index in [-0.39, 0.29) is 30.1 Å². The molecule has 2 fully saturated rings. The Balaban J connectivity index is 1.39. The molecule has 0 aromatic carbocycles. The number of carbonyl (C=O) groups is 2. The van der Waals surface area contributed by atoms with E-state index in [9.17, 15) is 49.8 Å². The second-order valence-electron chi connectivity index (χ2n) is 11.4. The monoisotopic (exact) mass is 652 g/mol. The number of rotatable bonds is 10. The number of halogens is 8. The third-order valence-electron chi connectivity index (χ3n) is 7.77. The largest absolute Gasteiger partial charge is 0.409 e. The average molecular weight is 653 g/mol. The lowest BCUT2D eigenvalue weighted by Gasteiger charge is -2.33. The predicted molar refractivity (Wildman–Crippen MR) is 136 cm³/mol. The van der Waals surface area contributed by atoms with E-state index in [1.807, 2.05) is 0 Å². The van der Waals surface area contributed by atoms with Crippen molar-refractivity contribution in [3.05, 3.63) is 41.6 Å². The van der Waals surface area contributed by atoms with E-state index in [0.717, 1.165) is 6.20 Å². The summed E-state index contributed by atoms with van der Waals surface area (Å²) in [5, 5.41) is 26.1. The first kappa shape index (κ1) is 32.5. The molecule has 3 heterocycles. The Morgan fingerprint density at radius 1 is 0.956 bits per heavy atom. The summed E-state index contributed by atoms with van der Waals surface area (Å²) in [5.74, 6) is -5.64. The molecule has 2 saturated carbocycles. The number of fused-ring (bicyclic) bond motifs is 1. The number of nitrogens with zero attached hydrogens (tertiary/aromatic N) is 6. The Labute approximate surface area is 249 Å². The van der Waals surface area contributed by atoms with E-state index < -0.39 is 85.7 Å². The van der Waals surface area contributed by atoms with E-state index in [1.165, 1.54) is 23.0 Å². The maximum Gasteiger partial charge on any atom is 0.409 e. The standard InChI is InChI=1S/C26H28F8N8O3/c27-24(28)5-3-14(4-6-24)21(39-22(44)16-10-36-42(40-16)12-26(32,33)34)17-11-41-19(37-17)7-15(9-35-41)20(13-1-2-13)38-23(45)18(43)8-25(29,30)31/h7,9-11,13-14,18,20-21,43H,1-6,8,12H2,(H,38,45)(H,39,44)/t18-,20+,21-/m0/s1. The minimum absolute atomic E-state index is 0.00129. The highest BCUT2D eigenvalue weighted by atomic mass is 19.4. The maximum absolute atomic E-state index is 14.0. The molecule has 0 unspecified atom stereocenters. The van der Waals surface area contributed by atoms with E-state index in [0.29, 0.717) is 23.2 Å². The van der Waals surface area contributed by atoms with Crippen LogP contribution in [0.2, 0.25) is 0 Å². The molecule has 2 aliphatic carbocycles. The first-order valence-electron chi connectivity index (χ1n) is 14.0. The summed E-state index contributed by atoms with van der Waals surface area (Å²) < 4.78 is 105. The molecule has 2 amide bonds. The summed E-state index contributed by atoms with van der Waals surface area (Å²) in [6.07, 6.45) is -9.31. The second-order valence-corrected chi connectivity index (χ2v) is 11.4. The van der Waals surface area contributed by atoms with Gasteiger partial charge in [-0.2, -0.15) is 41.3 Å². The van der Waals surface area contributed by atoms with E-state index >= 15 is 0 Å². The van der Waals surface area contributed by atoms with Crippen molar-refractivity contribution >= 4 is 17.5 Å². The lowest BCUT2D eigenvalue weighted by molar-refractivity contribution is -0.163. The van der Waals surface area contributed by atoms with Crippen LogP contribution < -0.4 is 10.6 Å². The number of carbonyl (C=O) groups excluding carboxylic acids is 2. The quantitative estimate of drug-likeness (QED) is 0.281. The molecule has 3 atom stereocenters. The summed E-state index contributed by atoms with van der Waals surface area (Å²) >= 11 is 0. The van der Waals surface area contributed by atoms with Gasteiger partial charge < -0.3 is 15.7 Å². The highest BCUT2D eigenvalue weighted by Gasteiger charge is 2.41. The fourth-order valence-electron chi connectivity index (χ4n) is 5.38. The van der Waals surface area contributed by atoms with Crippen molar-refractivity contribution in [3.63, 3.8) is 0 Å². The van der Waals surface area contributed by atoms with Gasteiger partial charge in [0.25, 0.3) is 5.91 Å². The van der Waals surface area contributed by atoms with Crippen molar-refractivity contribution < 1.29 is 49.8 Å². The van der Waals surface area contributed by atoms with Crippen LogP contribution in [0.3, 0.4) is 0 Å². The number of hydrogen-bond donors (Lipinski definition) is 3. The van der Waals surface area contributed by atoms with Crippen molar-refractivity contribution in [2.45, 2.75) is 88.0 Å². The predicted octanol–water partition coefficient (Wildman–Crippen LogP) is 4.06. The van der Waals surface area contributed by atoms with Crippen LogP contribution in [0.15, 0.2) is 24.7 Å². The van der Waals surface area contributed by atoms with Crippen LogP contribution in [-0.2, 0) is 11.3 Å². The van der Waals surface area contributed by atoms with Gasteiger partial charge in [0.15, 0.2) is 17.9 Å². The van der Waals surface area contributed by atoms with Crippen molar-refractivity contribution in [1.82, 2.24) is 40.2 Å². The highest BCUT2D eigenvalue weighted by Crippen LogP contribution is 2.43. The van der Waals surface area contributed by atoms with Crippen LogP contribution in [0.25, 0.3) is 5.65 Å². The van der Waals surface area contributed by atoms with Crippen molar-refractivity contribution in [3.8, 4) is 0 Å². The minimum Gasteiger partial charge on any atom is -0.383 e. The molecular weight excluding hydrogens is 624 g/mol. The fourth-order valence-corrected chi connectivity index (χ4v) is 5.38. The van der Waals surface area contributed by atoms with Gasteiger partial charge in [0.2, 0.25) is 11.8 Å². The second kappa shape index (κ2) is 12.1. The highest BCUT2D eigenvalue weighted by molar-refractivity contribution is 5.92. The van der Waals surface area contributed by atoms with Crippen molar-refractivity contribution in [1.29, 1.82) is 0 Å². The number of aliphatic hydroxyl groups excluding tert-OH is 1. The summed E-state index contributed by atoms with van der Waals surface area (Å²) in [4.78, 5) is 30.2. The molecule has 0 spiro atoms. The SMILES string of the molecule is O=C(N[C@H](c1cn2ncc([C@H](NC(=O)[C@@H](O)CC(F)(F)F)C3CC3)cc2n1)C1CCC(F)(F)CC1)c1cnn(CC(F)(F)F)n1. The number of aliphatic hydroxyl groups is 1. The van der Waals surface area contributed by atoms with Crippen LogP contribution >= 0.6 is 0 Å². The topological polar surface area (TPSA) is 139 Å². The van der Waals surface area contributed by atoms with Crippen molar-refractivity contribution in [2.75, 3.05) is 0 Å². The van der Waals surface area contributed by atoms with E-state index in [4.69, 9.17) is 0 Å². The summed E-state index contributed by atoms with van der Waals surface area (Å²) in [6, 6.07) is -0.219. The maximum atomic E-state index is 14.0. The van der Waals surface area contributed by atoms with Gasteiger partial charge in [0.1, 0.15) is 6.10 Å². The Kier molecular flexibility index (Phi) is 8.76. The Morgan fingerprint density at radius 2 is 1.62 bits per heavy atom. The van der Waals surface area contributed by atoms with Crippen LogP contribution in [0.5, 0.6) is 0 Å². The van der Waals surface area contributed by atoms with Crippen LogP contribution in [0.4, 0.5) is 35.1 Å². The number of amides is 2. The van der Waals surface area contributed by atoms with Crippen LogP contribution in [-0.4, -0.2) is 70.9 Å². The number of alkyl halides is 8. The summed E-state index contributed by atoms with van der Waals surface area (Å²) in [7, 11) is 0.